The summed E-state index contributed by atoms with van der Waals surface area (Å²) in [6, 6.07) is 0. The van der Waals surface area contributed by atoms with Gasteiger partial charge in [0.25, 0.3) is 0 Å². The highest BCUT2D eigenvalue weighted by molar-refractivity contribution is 6.11. The van der Waals surface area contributed by atoms with Crippen molar-refractivity contribution >= 4 is 17.5 Å². The molecule has 0 aromatic heterocycles. The summed E-state index contributed by atoms with van der Waals surface area (Å²) in [6.07, 6.45) is 8.41. The molecule has 3 unspecified atom stereocenters. The summed E-state index contributed by atoms with van der Waals surface area (Å²) in [5.41, 5.74) is 0.0175. The minimum Gasteiger partial charge on any atom is -0.392 e. The third kappa shape index (κ3) is 2.20. The Bertz CT molecular complexity index is 583. The van der Waals surface area contributed by atoms with Crippen molar-refractivity contribution < 1.29 is 14.4 Å². The molecule has 3 rings (SSSR count). The molecule has 0 aromatic carbocycles. The smallest absolute Gasteiger partial charge is 0.238 e. The van der Waals surface area contributed by atoms with Crippen molar-refractivity contribution in [3.05, 3.63) is 24.3 Å². The molecule has 0 bridgehead atoms. The topological polar surface area (TPSA) is 67.8 Å². The van der Waals surface area contributed by atoms with E-state index in [0.717, 1.165) is 5.71 Å². The van der Waals surface area contributed by atoms with Crippen molar-refractivity contribution in [2.24, 2.45) is 21.9 Å². The molecule has 5 heteroatoms. The molecular weight excluding hydrogens is 268 g/mol. The van der Waals surface area contributed by atoms with E-state index in [-0.39, 0.29) is 23.3 Å². The number of imide groups is 1. The lowest BCUT2D eigenvalue weighted by Crippen LogP contribution is -2.36. The molecule has 1 fully saturated rings. The highest BCUT2D eigenvalue weighted by atomic mass is 16.6. The first-order chi connectivity index (χ1) is 9.83. The van der Waals surface area contributed by atoms with Gasteiger partial charge in [0.1, 0.15) is 6.10 Å². The predicted octanol–water partition coefficient (Wildman–Crippen LogP) is 1.95. The van der Waals surface area contributed by atoms with Crippen molar-refractivity contribution in [1.29, 1.82) is 0 Å². The summed E-state index contributed by atoms with van der Waals surface area (Å²) in [6.45, 7) is 6.31. The minimum atomic E-state index is -0.833. The fraction of sp³-hybridized carbons (Fsp3) is 0.562. The number of fused-ring (bicyclic) bond motifs is 1. The molecule has 2 amide bonds. The molecule has 21 heavy (non-hydrogen) atoms. The zero-order chi connectivity index (χ0) is 15.3. The number of allylic oxidation sites excluding steroid dienone is 2. The van der Waals surface area contributed by atoms with Crippen LogP contribution in [0.2, 0.25) is 0 Å². The molecular formula is C16H20N2O3. The average molecular weight is 288 g/mol. The van der Waals surface area contributed by atoms with Crippen LogP contribution >= 0.6 is 0 Å². The van der Waals surface area contributed by atoms with Gasteiger partial charge in [-0.1, -0.05) is 50.2 Å². The molecule has 1 aliphatic carbocycles. The quantitative estimate of drug-likeness (QED) is 0.790. The second-order valence-electron chi connectivity index (χ2n) is 7.08. The van der Waals surface area contributed by atoms with Gasteiger partial charge in [0.2, 0.25) is 11.8 Å². The van der Waals surface area contributed by atoms with Gasteiger partial charge < -0.3 is 4.84 Å². The Morgan fingerprint density at radius 2 is 2.14 bits per heavy atom. The van der Waals surface area contributed by atoms with E-state index >= 15 is 0 Å². The van der Waals surface area contributed by atoms with Gasteiger partial charge in [-0.05, 0) is 0 Å². The number of nitrogens with zero attached hydrogens (tertiary/aromatic N) is 1. The maximum Gasteiger partial charge on any atom is 0.238 e. The molecule has 3 atom stereocenters. The Balaban J connectivity index is 1.81. The van der Waals surface area contributed by atoms with Crippen LogP contribution in [0.25, 0.3) is 0 Å². The number of hydrogen-bond donors (Lipinski definition) is 1. The fourth-order valence-electron chi connectivity index (χ4n) is 3.10. The van der Waals surface area contributed by atoms with E-state index in [1.807, 2.05) is 18.2 Å². The van der Waals surface area contributed by atoms with E-state index in [2.05, 4.69) is 31.2 Å². The van der Waals surface area contributed by atoms with Gasteiger partial charge in [-0.25, -0.2) is 0 Å². The highest BCUT2D eigenvalue weighted by Crippen LogP contribution is 2.43. The molecule has 1 saturated heterocycles. The number of hydrogen-bond acceptors (Lipinski definition) is 4. The van der Waals surface area contributed by atoms with E-state index in [4.69, 9.17) is 4.84 Å². The van der Waals surface area contributed by atoms with E-state index in [0.29, 0.717) is 12.8 Å². The summed E-state index contributed by atoms with van der Waals surface area (Å²) in [7, 11) is 0. The molecule has 0 spiro atoms. The normalized spacial score (nSPS) is 34.5. The van der Waals surface area contributed by atoms with Crippen molar-refractivity contribution in [3.8, 4) is 0 Å². The van der Waals surface area contributed by atoms with Gasteiger partial charge in [0, 0.05) is 18.3 Å². The third-order valence-corrected chi connectivity index (χ3v) is 4.50. The Morgan fingerprint density at radius 1 is 1.38 bits per heavy atom. The first-order valence-corrected chi connectivity index (χ1v) is 7.26. The molecule has 0 radical (unpaired) electrons. The molecule has 2 heterocycles. The van der Waals surface area contributed by atoms with Crippen LogP contribution in [0.3, 0.4) is 0 Å². The van der Waals surface area contributed by atoms with Crippen molar-refractivity contribution in [1.82, 2.24) is 5.32 Å². The van der Waals surface area contributed by atoms with Crippen LogP contribution < -0.4 is 5.32 Å². The van der Waals surface area contributed by atoms with E-state index < -0.39 is 11.3 Å². The van der Waals surface area contributed by atoms with Gasteiger partial charge in [-0.15, -0.1) is 0 Å². The third-order valence-electron chi connectivity index (χ3n) is 4.50. The second-order valence-corrected chi connectivity index (χ2v) is 7.08. The van der Waals surface area contributed by atoms with Crippen LogP contribution in [0.4, 0.5) is 0 Å². The Hall–Kier alpha value is -1.91. The Labute approximate surface area is 124 Å². The second kappa shape index (κ2) is 4.55. The standard InChI is InChI=1S/C16H20N2O3/c1-15(2,3)12-8-10(18-21-12)9-16-7-5-4-6-11(16)13(19)17-14(16)20/h4-7,11-12H,8-9H2,1-3H3,(H,17,19,20). The van der Waals surface area contributed by atoms with Crippen molar-refractivity contribution in [2.45, 2.75) is 39.7 Å². The number of oxime groups is 1. The summed E-state index contributed by atoms with van der Waals surface area (Å²) < 4.78 is 0. The van der Waals surface area contributed by atoms with E-state index in [1.54, 1.807) is 6.08 Å². The lowest BCUT2D eigenvalue weighted by Gasteiger charge is -2.28. The van der Waals surface area contributed by atoms with Crippen LogP contribution in [-0.2, 0) is 14.4 Å². The SMILES string of the molecule is CC(C)(C)C1CC(CC23C=CC=CC2C(=O)NC3=O)=NO1. The first-order valence-electron chi connectivity index (χ1n) is 7.26. The van der Waals surface area contributed by atoms with Gasteiger partial charge in [0.05, 0.1) is 17.0 Å². The van der Waals surface area contributed by atoms with Crippen molar-refractivity contribution in [3.63, 3.8) is 0 Å². The zero-order valence-electron chi connectivity index (χ0n) is 12.6. The number of nitrogens with one attached hydrogen (secondary N) is 1. The van der Waals surface area contributed by atoms with Crippen LogP contribution in [0.5, 0.6) is 0 Å². The van der Waals surface area contributed by atoms with Gasteiger partial charge >= 0.3 is 0 Å². The van der Waals surface area contributed by atoms with E-state index in [1.165, 1.54) is 0 Å². The molecule has 3 aliphatic rings. The minimum absolute atomic E-state index is 0.00161. The Morgan fingerprint density at radius 3 is 2.81 bits per heavy atom. The monoisotopic (exact) mass is 288 g/mol. The largest absolute Gasteiger partial charge is 0.392 e. The zero-order valence-corrected chi connectivity index (χ0v) is 12.6. The van der Waals surface area contributed by atoms with Gasteiger partial charge in [0.15, 0.2) is 0 Å². The van der Waals surface area contributed by atoms with Crippen molar-refractivity contribution in [2.75, 3.05) is 0 Å². The van der Waals surface area contributed by atoms with Crippen LogP contribution in [0.15, 0.2) is 29.5 Å². The lowest BCUT2D eigenvalue weighted by atomic mass is 9.70. The van der Waals surface area contributed by atoms with Crippen LogP contribution in [-0.4, -0.2) is 23.6 Å². The predicted molar refractivity (Wildman–Crippen MR) is 78.3 cm³/mol. The number of carbonyl (C=O) groups excluding carboxylic acids is 2. The molecule has 2 aliphatic heterocycles. The molecule has 5 nitrogen and oxygen atoms in total. The molecule has 112 valence electrons. The molecule has 0 aromatic rings. The summed E-state index contributed by atoms with van der Waals surface area (Å²) >= 11 is 0. The highest BCUT2D eigenvalue weighted by Gasteiger charge is 2.54. The summed E-state index contributed by atoms with van der Waals surface area (Å²) in [5, 5.41) is 6.60. The number of carbonyl (C=O) groups is 2. The summed E-state index contributed by atoms with van der Waals surface area (Å²) in [5.74, 6) is -0.904. The first kappa shape index (κ1) is 14.0. The van der Waals surface area contributed by atoms with Gasteiger partial charge in [-0.2, -0.15) is 0 Å². The van der Waals surface area contributed by atoms with Gasteiger partial charge in [-0.3, -0.25) is 14.9 Å². The average Bonchev–Trinajstić information content (AvgIpc) is 2.95. The van der Waals surface area contributed by atoms with Crippen LogP contribution in [0, 0.1) is 16.7 Å². The number of amides is 2. The number of rotatable bonds is 2. The van der Waals surface area contributed by atoms with E-state index in [9.17, 15) is 9.59 Å². The lowest BCUT2D eigenvalue weighted by molar-refractivity contribution is -0.127. The molecule has 1 N–H and O–H groups in total. The maximum absolute atomic E-state index is 12.3. The maximum atomic E-state index is 12.3. The molecule has 0 saturated carbocycles. The Kier molecular flexibility index (Phi) is 3.04. The fourth-order valence-corrected chi connectivity index (χ4v) is 3.10. The summed E-state index contributed by atoms with van der Waals surface area (Å²) in [4.78, 5) is 29.7. The van der Waals surface area contributed by atoms with Crippen LogP contribution in [0.1, 0.15) is 33.6 Å².